The maximum atomic E-state index is 12.7. The summed E-state index contributed by atoms with van der Waals surface area (Å²) in [5.74, 6) is -0.259. The van der Waals surface area contributed by atoms with E-state index in [0.29, 0.717) is 0 Å². The average molecular weight is 194 g/mol. The molecule has 14 heavy (non-hydrogen) atoms. The molecule has 0 bridgehead atoms. The van der Waals surface area contributed by atoms with Crippen molar-refractivity contribution in [1.82, 2.24) is 0 Å². The lowest BCUT2D eigenvalue weighted by Crippen LogP contribution is -2.31. The molecule has 0 radical (unpaired) electrons. The molecule has 76 valence electrons. The number of halogens is 1. The van der Waals surface area contributed by atoms with E-state index >= 15 is 0 Å². The highest BCUT2D eigenvalue weighted by Crippen LogP contribution is 2.57. The molecular formula is C12H15FO. The minimum atomic E-state index is -0.833. The number of hydrogen-bond acceptors (Lipinski definition) is 1. The smallest absolute Gasteiger partial charge is 0.123 e. The van der Waals surface area contributed by atoms with Gasteiger partial charge in [0.15, 0.2) is 0 Å². The van der Waals surface area contributed by atoms with Crippen molar-refractivity contribution in [3.63, 3.8) is 0 Å². The molecule has 1 aliphatic carbocycles. The van der Waals surface area contributed by atoms with Gasteiger partial charge in [-0.1, -0.05) is 19.1 Å². The first-order chi connectivity index (χ1) is 6.46. The van der Waals surface area contributed by atoms with Gasteiger partial charge < -0.3 is 5.11 Å². The molecule has 0 spiro atoms. The predicted octanol–water partition coefficient (Wildman–Crippen LogP) is 2.83. The van der Waals surface area contributed by atoms with Crippen LogP contribution >= 0.6 is 0 Å². The van der Waals surface area contributed by atoms with Crippen LogP contribution in [0.1, 0.15) is 32.3 Å². The standard InChI is InChI=1S/C12H15FO/c1-11(7-8-11)12(2,14)9-3-5-10(13)6-4-9/h3-6,14H,7-8H2,1-2H3/t12-/m1/s1. The van der Waals surface area contributed by atoms with E-state index in [9.17, 15) is 9.50 Å². The highest BCUT2D eigenvalue weighted by molar-refractivity contribution is 5.27. The fourth-order valence-corrected chi connectivity index (χ4v) is 1.80. The van der Waals surface area contributed by atoms with Crippen LogP contribution in [0, 0.1) is 11.2 Å². The first-order valence-corrected chi connectivity index (χ1v) is 4.94. The van der Waals surface area contributed by atoms with Gasteiger partial charge in [0, 0.05) is 5.41 Å². The van der Waals surface area contributed by atoms with Crippen molar-refractivity contribution in [3.05, 3.63) is 35.6 Å². The summed E-state index contributed by atoms with van der Waals surface area (Å²) >= 11 is 0. The van der Waals surface area contributed by atoms with Gasteiger partial charge in [-0.05, 0) is 37.5 Å². The molecule has 1 fully saturated rings. The summed E-state index contributed by atoms with van der Waals surface area (Å²) < 4.78 is 12.7. The van der Waals surface area contributed by atoms with Crippen molar-refractivity contribution in [1.29, 1.82) is 0 Å². The van der Waals surface area contributed by atoms with Crippen LogP contribution in [0.2, 0.25) is 0 Å². The highest BCUT2D eigenvalue weighted by atomic mass is 19.1. The van der Waals surface area contributed by atoms with Crippen LogP contribution in [-0.2, 0) is 5.60 Å². The van der Waals surface area contributed by atoms with Gasteiger partial charge in [0.05, 0.1) is 5.60 Å². The number of rotatable bonds is 2. The van der Waals surface area contributed by atoms with Gasteiger partial charge in [-0.3, -0.25) is 0 Å². The van der Waals surface area contributed by atoms with Crippen LogP contribution in [0.25, 0.3) is 0 Å². The van der Waals surface area contributed by atoms with Crippen molar-refractivity contribution in [3.8, 4) is 0 Å². The third kappa shape index (κ3) is 1.34. The van der Waals surface area contributed by atoms with Gasteiger partial charge >= 0.3 is 0 Å². The molecule has 1 atom stereocenters. The van der Waals surface area contributed by atoms with Crippen molar-refractivity contribution >= 4 is 0 Å². The van der Waals surface area contributed by atoms with Crippen molar-refractivity contribution in [2.24, 2.45) is 5.41 Å². The number of benzene rings is 1. The summed E-state index contributed by atoms with van der Waals surface area (Å²) in [5, 5.41) is 10.4. The lowest BCUT2D eigenvalue weighted by Gasteiger charge is -2.31. The second-order valence-corrected chi connectivity index (χ2v) is 4.64. The molecule has 0 aliphatic heterocycles. The van der Waals surface area contributed by atoms with Gasteiger partial charge in [-0.2, -0.15) is 0 Å². The molecule has 0 amide bonds. The summed E-state index contributed by atoms with van der Waals surface area (Å²) in [6, 6.07) is 6.13. The lowest BCUT2D eigenvalue weighted by atomic mass is 9.81. The van der Waals surface area contributed by atoms with Crippen LogP contribution in [0.4, 0.5) is 4.39 Å². The third-order valence-corrected chi connectivity index (χ3v) is 3.58. The van der Waals surface area contributed by atoms with Crippen molar-refractivity contribution in [2.45, 2.75) is 32.3 Å². The molecule has 0 saturated heterocycles. The minimum absolute atomic E-state index is 0.0230. The first kappa shape index (κ1) is 9.66. The Kier molecular flexibility index (Phi) is 1.93. The lowest BCUT2D eigenvalue weighted by molar-refractivity contribution is -0.0127. The van der Waals surface area contributed by atoms with Gasteiger partial charge in [0.1, 0.15) is 5.82 Å². The fraction of sp³-hybridized carbons (Fsp3) is 0.500. The summed E-state index contributed by atoms with van der Waals surface area (Å²) in [6.07, 6.45) is 2.08. The molecule has 1 aromatic carbocycles. The Hall–Kier alpha value is -0.890. The summed E-state index contributed by atoms with van der Waals surface area (Å²) in [7, 11) is 0. The van der Waals surface area contributed by atoms with E-state index < -0.39 is 5.60 Å². The van der Waals surface area contributed by atoms with Gasteiger partial charge in [0.25, 0.3) is 0 Å². The Morgan fingerprint density at radius 1 is 1.29 bits per heavy atom. The summed E-state index contributed by atoms with van der Waals surface area (Å²) in [6.45, 7) is 3.88. The van der Waals surface area contributed by atoms with Crippen molar-refractivity contribution < 1.29 is 9.50 Å². The number of aliphatic hydroxyl groups is 1. The van der Waals surface area contributed by atoms with Crippen LogP contribution in [-0.4, -0.2) is 5.11 Å². The molecule has 1 aromatic rings. The molecule has 1 aliphatic rings. The van der Waals surface area contributed by atoms with Crippen LogP contribution in [0.3, 0.4) is 0 Å². The average Bonchev–Trinajstić information content (AvgIpc) is 2.86. The van der Waals surface area contributed by atoms with E-state index in [1.165, 1.54) is 12.1 Å². The topological polar surface area (TPSA) is 20.2 Å². The Morgan fingerprint density at radius 2 is 1.79 bits per heavy atom. The zero-order valence-electron chi connectivity index (χ0n) is 8.55. The van der Waals surface area contributed by atoms with Crippen molar-refractivity contribution in [2.75, 3.05) is 0 Å². The maximum Gasteiger partial charge on any atom is 0.123 e. The van der Waals surface area contributed by atoms with E-state index in [1.807, 2.05) is 6.92 Å². The van der Waals surface area contributed by atoms with E-state index in [0.717, 1.165) is 18.4 Å². The zero-order valence-corrected chi connectivity index (χ0v) is 8.55. The van der Waals surface area contributed by atoms with E-state index in [4.69, 9.17) is 0 Å². The fourth-order valence-electron chi connectivity index (χ4n) is 1.80. The second-order valence-electron chi connectivity index (χ2n) is 4.64. The largest absolute Gasteiger partial charge is 0.385 e. The minimum Gasteiger partial charge on any atom is -0.385 e. The van der Waals surface area contributed by atoms with Crippen LogP contribution < -0.4 is 0 Å². The Morgan fingerprint density at radius 3 is 2.21 bits per heavy atom. The molecule has 0 unspecified atom stereocenters. The quantitative estimate of drug-likeness (QED) is 0.767. The first-order valence-electron chi connectivity index (χ1n) is 4.94. The normalized spacial score (nSPS) is 22.9. The Labute approximate surface area is 83.6 Å². The van der Waals surface area contributed by atoms with E-state index in [1.54, 1.807) is 12.1 Å². The molecule has 1 nitrogen and oxygen atoms in total. The van der Waals surface area contributed by atoms with E-state index in [2.05, 4.69) is 6.92 Å². The highest BCUT2D eigenvalue weighted by Gasteiger charge is 2.52. The van der Waals surface area contributed by atoms with Gasteiger partial charge in [-0.25, -0.2) is 4.39 Å². The van der Waals surface area contributed by atoms with Gasteiger partial charge in [0.2, 0.25) is 0 Å². The van der Waals surface area contributed by atoms with Crippen LogP contribution in [0.15, 0.2) is 24.3 Å². The predicted molar refractivity (Wildman–Crippen MR) is 53.3 cm³/mol. The molecular weight excluding hydrogens is 179 g/mol. The summed E-state index contributed by atoms with van der Waals surface area (Å²) in [4.78, 5) is 0. The molecule has 1 saturated carbocycles. The molecule has 2 heteroatoms. The monoisotopic (exact) mass is 194 g/mol. The summed E-state index contributed by atoms with van der Waals surface area (Å²) in [5.41, 5.74) is -0.0511. The Bertz CT molecular complexity index is 336. The van der Waals surface area contributed by atoms with Gasteiger partial charge in [-0.15, -0.1) is 0 Å². The second kappa shape index (κ2) is 2.80. The maximum absolute atomic E-state index is 12.7. The molecule has 2 rings (SSSR count). The number of hydrogen-bond donors (Lipinski definition) is 1. The third-order valence-electron chi connectivity index (χ3n) is 3.58. The Balaban J connectivity index is 2.34. The molecule has 0 aromatic heterocycles. The SMILES string of the molecule is CC1([C@](C)(O)c2ccc(F)cc2)CC1. The molecule has 0 heterocycles. The van der Waals surface area contributed by atoms with Crippen LogP contribution in [0.5, 0.6) is 0 Å². The van der Waals surface area contributed by atoms with E-state index in [-0.39, 0.29) is 11.2 Å². The zero-order chi connectivity index (χ0) is 10.4. The molecule has 1 N–H and O–H groups in total.